The van der Waals surface area contributed by atoms with Crippen LogP contribution in [0.4, 0.5) is 0 Å². The Balaban J connectivity index is 1.98. The van der Waals surface area contributed by atoms with Gasteiger partial charge in [0.15, 0.2) is 0 Å². The third-order valence-corrected chi connectivity index (χ3v) is 2.79. The molecule has 1 aliphatic carbocycles. The number of aliphatic hydroxyl groups is 1. The summed E-state index contributed by atoms with van der Waals surface area (Å²) in [4.78, 5) is 11.3. The van der Waals surface area contributed by atoms with Gasteiger partial charge in [-0.3, -0.25) is 4.79 Å². The number of carbonyl (C=O) groups is 1. The molecular formula is C11H22N2O2. The van der Waals surface area contributed by atoms with Crippen molar-refractivity contribution in [2.24, 2.45) is 0 Å². The van der Waals surface area contributed by atoms with Crippen LogP contribution < -0.4 is 10.6 Å². The minimum atomic E-state index is -0.340. The summed E-state index contributed by atoms with van der Waals surface area (Å²) >= 11 is 0. The van der Waals surface area contributed by atoms with Gasteiger partial charge in [0.25, 0.3) is 0 Å². The zero-order valence-electron chi connectivity index (χ0n) is 9.46. The molecule has 1 rings (SSSR count). The maximum absolute atomic E-state index is 11.3. The van der Waals surface area contributed by atoms with Gasteiger partial charge in [-0.05, 0) is 26.2 Å². The largest absolute Gasteiger partial charge is 0.393 e. The van der Waals surface area contributed by atoms with Crippen LogP contribution in [0, 0.1) is 0 Å². The first-order chi connectivity index (χ1) is 7.18. The van der Waals surface area contributed by atoms with E-state index < -0.39 is 0 Å². The van der Waals surface area contributed by atoms with Crippen molar-refractivity contribution >= 4 is 5.91 Å². The van der Waals surface area contributed by atoms with Crippen LogP contribution in [0.2, 0.25) is 0 Å². The van der Waals surface area contributed by atoms with Crippen molar-refractivity contribution in [1.29, 1.82) is 0 Å². The molecule has 1 aliphatic rings. The fourth-order valence-corrected chi connectivity index (χ4v) is 1.85. The summed E-state index contributed by atoms with van der Waals surface area (Å²) in [5.41, 5.74) is 0. The molecule has 0 radical (unpaired) electrons. The Morgan fingerprint density at radius 1 is 1.47 bits per heavy atom. The highest BCUT2D eigenvalue weighted by Gasteiger charge is 2.14. The van der Waals surface area contributed by atoms with Crippen LogP contribution in [-0.2, 0) is 4.79 Å². The minimum Gasteiger partial charge on any atom is -0.393 e. The minimum absolute atomic E-state index is 0.0301. The zero-order chi connectivity index (χ0) is 11.1. The highest BCUT2D eigenvalue weighted by molar-refractivity contribution is 5.77. The lowest BCUT2D eigenvalue weighted by Gasteiger charge is -2.12. The van der Waals surface area contributed by atoms with E-state index in [1.807, 2.05) is 0 Å². The molecule has 88 valence electrons. The quantitative estimate of drug-likeness (QED) is 0.600. The molecule has 4 heteroatoms. The summed E-state index contributed by atoms with van der Waals surface area (Å²) in [5.74, 6) is 0.0301. The van der Waals surface area contributed by atoms with Crippen molar-refractivity contribution in [3.05, 3.63) is 0 Å². The normalized spacial score (nSPS) is 19.1. The summed E-state index contributed by atoms with van der Waals surface area (Å²) in [6.45, 7) is 2.69. The SMILES string of the molecule is CC(O)CCNC(=O)CNC1CCCC1. The van der Waals surface area contributed by atoms with Crippen molar-refractivity contribution in [2.75, 3.05) is 13.1 Å². The first-order valence-corrected chi connectivity index (χ1v) is 5.86. The first-order valence-electron chi connectivity index (χ1n) is 5.86. The average Bonchev–Trinajstić information content (AvgIpc) is 2.66. The molecule has 0 aromatic rings. The van der Waals surface area contributed by atoms with Gasteiger partial charge in [-0.2, -0.15) is 0 Å². The van der Waals surface area contributed by atoms with E-state index in [1.165, 1.54) is 25.7 Å². The van der Waals surface area contributed by atoms with Gasteiger partial charge < -0.3 is 15.7 Å². The molecule has 1 amide bonds. The third kappa shape index (κ3) is 5.74. The topological polar surface area (TPSA) is 61.4 Å². The Hall–Kier alpha value is -0.610. The number of nitrogens with one attached hydrogen (secondary N) is 2. The van der Waals surface area contributed by atoms with Gasteiger partial charge in [0.1, 0.15) is 0 Å². The predicted octanol–water partition coefficient (Wildman–Crippen LogP) is 0.406. The Labute approximate surface area is 91.4 Å². The molecule has 1 saturated carbocycles. The van der Waals surface area contributed by atoms with Crippen LogP contribution >= 0.6 is 0 Å². The maximum Gasteiger partial charge on any atom is 0.233 e. The van der Waals surface area contributed by atoms with E-state index in [1.54, 1.807) is 6.92 Å². The summed E-state index contributed by atoms with van der Waals surface area (Å²) in [6, 6.07) is 0.535. The molecule has 4 nitrogen and oxygen atoms in total. The van der Waals surface area contributed by atoms with E-state index >= 15 is 0 Å². The van der Waals surface area contributed by atoms with E-state index in [-0.39, 0.29) is 12.0 Å². The lowest BCUT2D eigenvalue weighted by atomic mass is 10.2. The highest BCUT2D eigenvalue weighted by Crippen LogP contribution is 2.17. The van der Waals surface area contributed by atoms with Crippen LogP contribution in [0.5, 0.6) is 0 Å². The zero-order valence-corrected chi connectivity index (χ0v) is 9.46. The summed E-state index contributed by atoms with van der Waals surface area (Å²) in [5, 5.41) is 15.0. The van der Waals surface area contributed by atoms with Crippen molar-refractivity contribution < 1.29 is 9.90 Å². The molecule has 3 N–H and O–H groups in total. The number of aliphatic hydroxyl groups excluding tert-OH is 1. The molecule has 0 bridgehead atoms. The van der Waals surface area contributed by atoms with Crippen molar-refractivity contribution in [2.45, 2.75) is 51.2 Å². The average molecular weight is 214 g/mol. The van der Waals surface area contributed by atoms with E-state index in [2.05, 4.69) is 10.6 Å². The second-order valence-electron chi connectivity index (χ2n) is 4.35. The van der Waals surface area contributed by atoms with Gasteiger partial charge in [0.05, 0.1) is 12.6 Å². The summed E-state index contributed by atoms with van der Waals surface area (Å²) in [7, 11) is 0. The van der Waals surface area contributed by atoms with Gasteiger partial charge in [0, 0.05) is 12.6 Å². The lowest BCUT2D eigenvalue weighted by molar-refractivity contribution is -0.120. The smallest absolute Gasteiger partial charge is 0.233 e. The number of carbonyl (C=O) groups excluding carboxylic acids is 1. The Bertz CT molecular complexity index is 189. The third-order valence-electron chi connectivity index (χ3n) is 2.79. The standard InChI is InChI=1S/C11H22N2O2/c1-9(14)6-7-12-11(15)8-13-10-4-2-3-5-10/h9-10,13-14H,2-8H2,1H3,(H,12,15). The first kappa shape index (κ1) is 12.5. The fraction of sp³-hybridized carbons (Fsp3) is 0.909. The number of hydrogen-bond donors (Lipinski definition) is 3. The Morgan fingerprint density at radius 3 is 2.73 bits per heavy atom. The molecule has 15 heavy (non-hydrogen) atoms. The van der Waals surface area contributed by atoms with E-state index in [9.17, 15) is 4.79 Å². The van der Waals surface area contributed by atoms with Gasteiger partial charge in [-0.1, -0.05) is 12.8 Å². The van der Waals surface area contributed by atoms with Gasteiger partial charge in [0.2, 0.25) is 5.91 Å². The summed E-state index contributed by atoms with van der Waals surface area (Å²) in [6.07, 6.45) is 5.23. The van der Waals surface area contributed by atoms with E-state index in [0.717, 1.165) is 0 Å². The van der Waals surface area contributed by atoms with Gasteiger partial charge in [-0.25, -0.2) is 0 Å². The summed E-state index contributed by atoms with van der Waals surface area (Å²) < 4.78 is 0. The molecule has 0 aromatic carbocycles. The predicted molar refractivity (Wildman–Crippen MR) is 59.6 cm³/mol. The molecule has 0 heterocycles. The molecule has 1 atom stereocenters. The molecule has 0 spiro atoms. The van der Waals surface area contributed by atoms with Crippen molar-refractivity contribution in [3.8, 4) is 0 Å². The van der Waals surface area contributed by atoms with Crippen LogP contribution in [0.15, 0.2) is 0 Å². The lowest BCUT2D eigenvalue weighted by Crippen LogP contribution is -2.38. The van der Waals surface area contributed by atoms with Crippen LogP contribution in [-0.4, -0.2) is 36.2 Å². The maximum atomic E-state index is 11.3. The second-order valence-corrected chi connectivity index (χ2v) is 4.35. The monoisotopic (exact) mass is 214 g/mol. The second kappa shape index (κ2) is 6.80. The van der Waals surface area contributed by atoms with Gasteiger partial charge in [-0.15, -0.1) is 0 Å². The number of amides is 1. The molecule has 0 saturated heterocycles. The molecule has 0 aromatic heterocycles. The van der Waals surface area contributed by atoms with Crippen LogP contribution in [0.3, 0.4) is 0 Å². The number of hydrogen-bond acceptors (Lipinski definition) is 3. The van der Waals surface area contributed by atoms with Crippen molar-refractivity contribution in [1.82, 2.24) is 10.6 Å². The van der Waals surface area contributed by atoms with E-state index in [0.29, 0.717) is 25.6 Å². The van der Waals surface area contributed by atoms with Gasteiger partial charge >= 0.3 is 0 Å². The molecular weight excluding hydrogens is 192 g/mol. The fourth-order valence-electron chi connectivity index (χ4n) is 1.85. The number of rotatable bonds is 6. The molecule has 1 fully saturated rings. The Morgan fingerprint density at radius 2 is 2.13 bits per heavy atom. The van der Waals surface area contributed by atoms with E-state index in [4.69, 9.17) is 5.11 Å². The molecule has 1 unspecified atom stereocenters. The van der Waals surface area contributed by atoms with Crippen molar-refractivity contribution in [3.63, 3.8) is 0 Å². The van der Waals surface area contributed by atoms with Crippen LogP contribution in [0.1, 0.15) is 39.0 Å². The van der Waals surface area contributed by atoms with Crippen LogP contribution in [0.25, 0.3) is 0 Å². The Kier molecular flexibility index (Phi) is 5.65. The molecule has 0 aliphatic heterocycles. The highest BCUT2D eigenvalue weighted by atomic mass is 16.3.